The van der Waals surface area contributed by atoms with Crippen molar-refractivity contribution < 1.29 is 9.18 Å². The largest absolute Gasteiger partial charge is 0.348 e. The normalized spacial score (nSPS) is 10.3. The molecule has 1 N–H and O–H groups in total. The molecule has 0 saturated heterocycles. The Bertz CT molecular complexity index is 618. The molecule has 98 valence electrons. The second-order valence-corrected chi connectivity index (χ2v) is 5.98. The third-order valence-electron chi connectivity index (χ3n) is 2.57. The number of benzene rings is 2. The number of rotatable bonds is 3. The first-order valence-electron chi connectivity index (χ1n) is 5.54. The van der Waals surface area contributed by atoms with Gasteiger partial charge in [-0.15, -0.1) is 0 Å². The van der Waals surface area contributed by atoms with E-state index in [1.165, 1.54) is 6.07 Å². The number of halogens is 3. The highest BCUT2D eigenvalue weighted by Crippen LogP contribution is 2.18. The van der Waals surface area contributed by atoms with Crippen molar-refractivity contribution in [3.05, 3.63) is 67.5 Å². The van der Waals surface area contributed by atoms with Gasteiger partial charge in [-0.1, -0.05) is 34.1 Å². The van der Waals surface area contributed by atoms with Crippen LogP contribution in [0.5, 0.6) is 0 Å². The Morgan fingerprint density at radius 2 is 2.00 bits per heavy atom. The Morgan fingerprint density at radius 3 is 2.74 bits per heavy atom. The smallest absolute Gasteiger partial charge is 0.252 e. The van der Waals surface area contributed by atoms with Gasteiger partial charge in [-0.25, -0.2) is 4.39 Å². The molecule has 0 aliphatic rings. The van der Waals surface area contributed by atoms with Crippen molar-refractivity contribution in [2.24, 2.45) is 0 Å². The van der Waals surface area contributed by atoms with Gasteiger partial charge in [0.15, 0.2) is 0 Å². The molecule has 19 heavy (non-hydrogen) atoms. The van der Waals surface area contributed by atoms with Gasteiger partial charge in [-0.2, -0.15) is 0 Å². The Kier molecular flexibility index (Phi) is 4.93. The highest BCUT2D eigenvalue weighted by Gasteiger charge is 2.11. The summed E-state index contributed by atoms with van der Waals surface area (Å²) >= 11 is 5.43. The van der Waals surface area contributed by atoms with Crippen molar-refractivity contribution in [2.45, 2.75) is 6.54 Å². The van der Waals surface area contributed by atoms with Gasteiger partial charge >= 0.3 is 0 Å². The molecule has 0 fully saturated rings. The maximum atomic E-state index is 13.4. The minimum Gasteiger partial charge on any atom is -0.348 e. The van der Waals surface area contributed by atoms with Crippen LogP contribution in [0, 0.1) is 9.39 Å². The number of hydrogen-bond donors (Lipinski definition) is 1. The van der Waals surface area contributed by atoms with E-state index in [2.05, 4.69) is 43.8 Å². The first kappa shape index (κ1) is 14.5. The second kappa shape index (κ2) is 6.47. The van der Waals surface area contributed by atoms with E-state index in [1.54, 1.807) is 24.3 Å². The number of hydrogen-bond acceptors (Lipinski definition) is 1. The van der Waals surface area contributed by atoms with Crippen LogP contribution >= 0.6 is 38.5 Å². The van der Waals surface area contributed by atoms with E-state index >= 15 is 0 Å². The summed E-state index contributed by atoms with van der Waals surface area (Å²) in [5.41, 5.74) is 1.05. The van der Waals surface area contributed by atoms with Gasteiger partial charge in [0.2, 0.25) is 0 Å². The van der Waals surface area contributed by atoms with Gasteiger partial charge in [0.1, 0.15) is 5.82 Å². The third kappa shape index (κ3) is 3.76. The van der Waals surface area contributed by atoms with Crippen molar-refractivity contribution in [2.75, 3.05) is 0 Å². The molecule has 0 spiro atoms. The van der Waals surface area contributed by atoms with E-state index in [0.29, 0.717) is 11.1 Å². The zero-order valence-corrected chi connectivity index (χ0v) is 13.5. The maximum Gasteiger partial charge on any atom is 0.252 e. The zero-order chi connectivity index (χ0) is 13.8. The molecule has 0 saturated carbocycles. The Hall–Kier alpha value is -0.950. The van der Waals surface area contributed by atoms with E-state index < -0.39 is 0 Å². The summed E-state index contributed by atoms with van der Waals surface area (Å²) in [6, 6.07) is 11.9. The van der Waals surface area contributed by atoms with Crippen LogP contribution in [-0.4, -0.2) is 5.91 Å². The van der Waals surface area contributed by atoms with Gasteiger partial charge in [-0.3, -0.25) is 4.79 Å². The molecular formula is C14H10BrFINO. The molecule has 0 bridgehead atoms. The molecule has 0 aliphatic carbocycles. The van der Waals surface area contributed by atoms with E-state index in [9.17, 15) is 9.18 Å². The fraction of sp³-hybridized carbons (Fsp3) is 0.0714. The van der Waals surface area contributed by atoms with Gasteiger partial charge in [0, 0.05) is 20.2 Å². The van der Waals surface area contributed by atoms with Crippen LogP contribution in [-0.2, 0) is 6.54 Å². The lowest BCUT2D eigenvalue weighted by atomic mass is 10.2. The molecule has 0 unspecified atom stereocenters. The minimum atomic E-state index is -0.313. The van der Waals surface area contributed by atoms with Crippen LogP contribution in [0.4, 0.5) is 4.39 Å². The van der Waals surface area contributed by atoms with E-state index in [-0.39, 0.29) is 18.3 Å². The molecule has 2 nitrogen and oxygen atoms in total. The summed E-state index contributed by atoms with van der Waals surface area (Å²) in [6.07, 6.45) is 0. The van der Waals surface area contributed by atoms with Gasteiger partial charge < -0.3 is 5.32 Å². The first-order chi connectivity index (χ1) is 9.08. The summed E-state index contributed by atoms with van der Waals surface area (Å²) in [5.74, 6) is -0.527. The Morgan fingerprint density at radius 1 is 1.26 bits per heavy atom. The highest BCUT2D eigenvalue weighted by atomic mass is 127. The average molecular weight is 434 g/mol. The second-order valence-electron chi connectivity index (χ2n) is 3.90. The van der Waals surface area contributed by atoms with Crippen molar-refractivity contribution in [1.29, 1.82) is 0 Å². The Balaban J connectivity index is 2.10. The minimum absolute atomic E-state index is 0.175. The van der Waals surface area contributed by atoms with Gasteiger partial charge in [0.25, 0.3) is 5.91 Å². The Labute approximate surface area is 132 Å². The molecule has 0 radical (unpaired) electrons. The standard InChI is InChI=1S/C14H10BrFINO/c15-10-5-6-13(17)11(7-10)14(19)18-8-9-3-1-2-4-12(9)16/h1-7H,8H2,(H,18,19). The van der Waals surface area contributed by atoms with Crippen LogP contribution in [0.2, 0.25) is 0 Å². The van der Waals surface area contributed by atoms with E-state index in [4.69, 9.17) is 0 Å². The lowest BCUT2D eigenvalue weighted by molar-refractivity contribution is 0.0949. The molecule has 5 heteroatoms. The summed E-state index contributed by atoms with van der Waals surface area (Å²) in [6.45, 7) is 0.175. The zero-order valence-electron chi connectivity index (χ0n) is 9.79. The SMILES string of the molecule is O=C(NCc1ccccc1F)c1cc(Br)ccc1I. The topological polar surface area (TPSA) is 29.1 Å². The van der Waals surface area contributed by atoms with Crippen LogP contribution in [0.25, 0.3) is 0 Å². The maximum absolute atomic E-state index is 13.4. The van der Waals surface area contributed by atoms with Gasteiger partial charge in [0.05, 0.1) is 5.56 Å². The monoisotopic (exact) mass is 433 g/mol. The van der Waals surface area contributed by atoms with Crippen LogP contribution in [0.1, 0.15) is 15.9 Å². The molecule has 2 rings (SSSR count). The fourth-order valence-corrected chi connectivity index (χ4v) is 2.53. The number of nitrogens with one attached hydrogen (secondary N) is 1. The summed E-state index contributed by atoms with van der Waals surface area (Å²) < 4.78 is 15.1. The number of amides is 1. The fourth-order valence-electron chi connectivity index (χ4n) is 1.58. The average Bonchev–Trinajstić information content (AvgIpc) is 2.40. The third-order valence-corrected chi connectivity index (χ3v) is 4.00. The molecule has 0 heterocycles. The first-order valence-corrected chi connectivity index (χ1v) is 7.42. The molecule has 2 aromatic carbocycles. The molecule has 0 aromatic heterocycles. The van der Waals surface area contributed by atoms with Crippen molar-refractivity contribution >= 4 is 44.4 Å². The van der Waals surface area contributed by atoms with Crippen LogP contribution in [0.15, 0.2) is 46.9 Å². The lowest BCUT2D eigenvalue weighted by Crippen LogP contribution is -2.24. The lowest BCUT2D eigenvalue weighted by Gasteiger charge is -2.08. The van der Waals surface area contributed by atoms with Crippen molar-refractivity contribution in [1.82, 2.24) is 5.32 Å². The predicted molar refractivity (Wildman–Crippen MR) is 84.4 cm³/mol. The molecule has 0 atom stereocenters. The van der Waals surface area contributed by atoms with Crippen molar-refractivity contribution in [3.8, 4) is 0 Å². The quantitative estimate of drug-likeness (QED) is 0.724. The number of carbonyl (C=O) groups is 1. The highest BCUT2D eigenvalue weighted by molar-refractivity contribution is 14.1. The number of carbonyl (C=O) groups excluding carboxylic acids is 1. The van der Waals surface area contributed by atoms with E-state index in [1.807, 2.05) is 12.1 Å². The van der Waals surface area contributed by atoms with Crippen molar-refractivity contribution in [3.63, 3.8) is 0 Å². The van der Waals surface area contributed by atoms with Crippen LogP contribution < -0.4 is 5.32 Å². The summed E-state index contributed by atoms with van der Waals surface area (Å²) in [7, 11) is 0. The molecular weight excluding hydrogens is 424 g/mol. The molecule has 2 aromatic rings. The summed E-state index contributed by atoms with van der Waals surface area (Å²) in [5, 5.41) is 2.72. The van der Waals surface area contributed by atoms with E-state index in [0.717, 1.165) is 8.04 Å². The molecule has 1 amide bonds. The summed E-state index contributed by atoms with van der Waals surface area (Å²) in [4.78, 5) is 12.0. The molecule has 0 aliphatic heterocycles. The predicted octanol–water partition coefficient (Wildman–Crippen LogP) is 4.12. The van der Waals surface area contributed by atoms with Gasteiger partial charge in [-0.05, 0) is 46.9 Å². The van der Waals surface area contributed by atoms with Crippen LogP contribution in [0.3, 0.4) is 0 Å².